The minimum atomic E-state index is -0.153. The third-order valence-corrected chi connectivity index (χ3v) is 4.28. The van der Waals surface area contributed by atoms with Crippen LogP contribution in [-0.2, 0) is 0 Å². The zero-order valence-corrected chi connectivity index (χ0v) is 12.2. The number of hydrogen-bond acceptors (Lipinski definition) is 2. The summed E-state index contributed by atoms with van der Waals surface area (Å²) in [4.78, 5) is 14.2. The molecule has 0 radical (unpaired) electrons. The standard InChI is InChI=1S/C15H20ClNO2/c1-10-3-6-12(7-4-10)17(2)15(19)13-9-11(16)5-8-14(13)18/h5,8-10,12,18H,3-4,6-7H2,1-2H3. The summed E-state index contributed by atoms with van der Waals surface area (Å²) in [5.41, 5.74) is 0.286. The summed E-state index contributed by atoms with van der Waals surface area (Å²) >= 11 is 5.89. The second-order valence-corrected chi connectivity index (χ2v) is 5.93. The summed E-state index contributed by atoms with van der Waals surface area (Å²) in [5.74, 6) is 0.587. The molecular formula is C15H20ClNO2. The van der Waals surface area contributed by atoms with Crippen molar-refractivity contribution in [2.45, 2.75) is 38.6 Å². The zero-order chi connectivity index (χ0) is 14.0. The molecule has 0 unspecified atom stereocenters. The van der Waals surface area contributed by atoms with Gasteiger partial charge in [0.1, 0.15) is 5.75 Å². The fraction of sp³-hybridized carbons (Fsp3) is 0.533. The molecule has 2 rings (SSSR count). The van der Waals surface area contributed by atoms with Crippen molar-refractivity contribution in [3.05, 3.63) is 28.8 Å². The van der Waals surface area contributed by atoms with E-state index in [1.54, 1.807) is 11.0 Å². The van der Waals surface area contributed by atoms with Crippen LogP contribution in [0.1, 0.15) is 43.0 Å². The van der Waals surface area contributed by atoms with Crippen molar-refractivity contribution in [2.75, 3.05) is 7.05 Å². The lowest BCUT2D eigenvalue weighted by Crippen LogP contribution is -2.39. The van der Waals surface area contributed by atoms with Crippen molar-refractivity contribution >= 4 is 17.5 Å². The van der Waals surface area contributed by atoms with Crippen LogP contribution in [-0.4, -0.2) is 29.0 Å². The maximum atomic E-state index is 12.4. The number of rotatable bonds is 2. The van der Waals surface area contributed by atoms with Gasteiger partial charge < -0.3 is 10.0 Å². The van der Waals surface area contributed by atoms with Gasteiger partial charge in [0.05, 0.1) is 5.56 Å². The molecule has 0 bridgehead atoms. The fourth-order valence-corrected chi connectivity index (χ4v) is 2.84. The van der Waals surface area contributed by atoms with Gasteiger partial charge in [0.15, 0.2) is 0 Å². The van der Waals surface area contributed by atoms with E-state index in [2.05, 4.69) is 6.92 Å². The summed E-state index contributed by atoms with van der Waals surface area (Å²) in [5, 5.41) is 10.3. The normalized spacial score (nSPS) is 23.1. The van der Waals surface area contributed by atoms with Crippen molar-refractivity contribution in [1.82, 2.24) is 4.90 Å². The van der Waals surface area contributed by atoms with E-state index in [1.807, 2.05) is 7.05 Å². The lowest BCUT2D eigenvalue weighted by Gasteiger charge is -2.33. The molecule has 0 aliphatic heterocycles. The van der Waals surface area contributed by atoms with Gasteiger partial charge in [-0.15, -0.1) is 0 Å². The molecule has 1 aliphatic carbocycles. The van der Waals surface area contributed by atoms with Crippen molar-refractivity contribution < 1.29 is 9.90 Å². The molecule has 0 saturated heterocycles. The molecule has 104 valence electrons. The molecule has 1 aromatic carbocycles. The number of amides is 1. The van der Waals surface area contributed by atoms with E-state index in [9.17, 15) is 9.90 Å². The molecule has 3 nitrogen and oxygen atoms in total. The van der Waals surface area contributed by atoms with Gasteiger partial charge >= 0.3 is 0 Å². The third kappa shape index (κ3) is 3.21. The maximum absolute atomic E-state index is 12.4. The Hall–Kier alpha value is -1.22. The van der Waals surface area contributed by atoms with Gasteiger partial charge in [-0.25, -0.2) is 0 Å². The predicted molar refractivity (Wildman–Crippen MR) is 76.6 cm³/mol. The van der Waals surface area contributed by atoms with E-state index in [4.69, 9.17) is 11.6 Å². The van der Waals surface area contributed by atoms with Gasteiger partial charge in [0, 0.05) is 18.1 Å². The SMILES string of the molecule is CC1CCC(N(C)C(=O)c2cc(Cl)ccc2O)CC1. The number of carbonyl (C=O) groups is 1. The van der Waals surface area contributed by atoms with Gasteiger partial charge in [-0.3, -0.25) is 4.79 Å². The van der Waals surface area contributed by atoms with Crippen LogP contribution >= 0.6 is 11.6 Å². The Balaban J connectivity index is 2.12. The minimum absolute atomic E-state index is 0.00886. The van der Waals surface area contributed by atoms with Crippen molar-refractivity contribution in [3.63, 3.8) is 0 Å². The Morgan fingerprint density at radius 3 is 2.58 bits per heavy atom. The van der Waals surface area contributed by atoms with Crippen molar-refractivity contribution in [1.29, 1.82) is 0 Å². The van der Waals surface area contributed by atoms with Crippen molar-refractivity contribution in [2.24, 2.45) is 5.92 Å². The van der Waals surface area contributed by atoms with Gasteiger partial charge in [-0.05, 0) is 49.8 Å². The highest BCUT2D eigenvalue weighted by Crippen LogP contribution is 2.29. The average molecular weight is 282 g/mol. The predicted octanol–water partition coefficient (Wildman–Crippen LogP) is 3.70. The Bertz CT molecular complexity index is 467. The number of hydrogen-bond donors (Lipinski definition) is 1. The summed E-state index contributed by atoms with van der Waals surface area (Å²) in [6, 6.07) is 4.84. The van der Waals surface area contributed by atoms with E-state index in [-0.39, 0.29) is 23.3 Å². The zero-order valence-electron chi connectivity index (χ0n) is 11.4. The van der Waals surface area contributed by atoms with E-state index < -0.39 is 0 Å². The average Bonchev–Trinajstić information content (AvgIpc) is 2.41. The van der Waals surface area contributed by atoms with Crippen LogP contribution < -0.4 is 0 Å². The molecule has 1 aliphatic rings. The molecule has 0 aromatic heterocycles. The number of halogens is 1. The molecule has 1 fully saturated rings. The van der Waals surface area contributed by atoms with Crippen LogP contribution in [0.5, 0.6) is 5.75 Å². The molecule has 0 heterocycles. The summed E-state index contributed by atoms with van der Waals surface area (Å²) < 4.78 is 0. The van der Waals surface area contributed by atoms with Crippen LogP contribution in [0.15, 0.2) is 18.2 Å². The highest BCUT2D eigenvalue weighted by Gasteiger charge is 2.26. The van der Waals surface area contributed by atoms with E-state index in [0.29, 0.717) is 5.02 Å². The first-order chi connectivity index (χ1) is 8.99. The van der Waals surface area contributed by atoms with Crippen LogP contribution in [0.2, 0.25) is 5.02 Å². The van der Waals surface area contributed by atoms with Crippen LogP contribution in [0, 0.1) is 5.92 Å². The molecule has 1 saturated carbocycles. The smallest absolute Gasteiger partial charge is 0.257 e. The second-order valence-electron chi connectivity index (χ2n) is 5.49. The molecular weight excluding hydrogens is 262 g/mol. The quantitative estimate of drug-likeness (QED) is 0.898. The molecule has 1 N–H and O–H groups in total. The highest BCUT2D eigenvalue weighted by atomic mass is 35.5. The molecule has 0 spiro atoms. The van der Waals surface area contributed by atoms with Crippen LogP contribution in [0.25, 0.3) is 0 Å². The largest absolute Gasteiger partial charge is 0.507 e. The second kappa shape index (κ2) is 5.83. The summed E-state index contributed by atoms with van der Waals surface area (Å²) in [7, 11) is 1.81. The Morgan fingerprint density at radius 2 is 1.95 bits per heavy atom. The molecule has 0 atom stereocenters. The number of benzene rings is 1. The van der Waals surface area contributed by atoms with Gasteiger partial charge in [-0.2, -0.15) is 0 Å². The van der Waals surface area contributed by atoms with Crippen LogP contribution in [0.3, 0.4) is 0 Å². The highest BCUT2D eigenvalue weighted by molar-refractivity contribution is 6.31. The first-order valence-corrected chi connectivity index (χ1v) is 7.12. The molecule has 1 amide bonds. The number of aromatic hydroxyl groups is 1. The van der Waals surface area contributed by atoms with Gasteiger partial charge in [0.2, 0.25) is 0 Å². The number of carbonyl (C=O) groups excluding carboxylic acids is 1. The number of phenols is 1. The summed E-state index contributed by atoms with van der Waals surface area (Å²) in [6.45, 7) is 2.25. The Kier molecular flexibility index (Phi) is 4.35. The topological polar surface area (TPSA) is 40.5 Å². The van der Waals surface area contributed by atoms with Crippen LogP contribution in [0.4, 0.5) is 0 Å². The molecule has 4 heteroatoms. The lowest BCUT2D eigenvalue weighted by molar-refractivity contribution is 0.0676. The van der Waals surface area contributed by atoms with Gasteiger partial charge in [-0.1, -0.05) is 18.5 Å². The monoisotopic (exact) mass is 281 g/mol. The summed E-state index contributed by atoms with van der Waals surface area (Å²) in [6.07, 6.45) is 4.38. The van der Waals surface area contributed by atoms with E-state index >= 15 is 0 Å². The van der Waals surface area contributed by atoms with E-state index in [0.717, 1.165) is 31.6 Å². The third-order valence-electron chi connectivity index (χ3n) is 4.04. The lowest BCUT2D eigenvalue weighted by atomic mass is 9.86. The maximum Gasteiger partial charge on any atom is 0.257 e. The van der Waals surface area contributed by atoms with Crippen molar-refractivity contribution in [3.8, 4) is 5.75 Å². The molecule has 1 aromatic rings. The first kappa shape index (κ1) is 14.2. The number of nitrogens with zero attached hydrogens (tertiary/aromatic N) is 1. The Labute approximate surface area is 119 Å². The molecule has 19 heavy (non-hydrogen) atoms. The minimum Gasteiger partial charge on any atom is -0.507 e. The fourth-order valence-electron chi connectivity index (χ4n) is 2.67. The first-order valence-electron chi connectivity index (χ1n) is 6.74. The Morgan fingerprint density at radius 1 is 1.32 bits per heavy atom. The number of phenolic OH excluding ortho intramolecular Hbond substituents is 1. The van der Waals surface area contributed by atoms with Gasteiger partial charge in [0.25, 0.3) is 5.91 Å². The van der Waals surface area contributed by atoms with E-state index in [1.165, 1.54) is 12.1 Å².